The highest BCUT2D eigenvalue weighted by atomic mass is 16.1. The maximum atomic E-state index is 12.4. The van der Waals surface area contributed by atoms with Gasteiger partial charge in [0.1, 0.15) is 5.69 Å². The van der Waals surface area contributed by atoms with Crippen LogP contribution in [0.15, 0.2) is 47.9 Å². The molecule has 0 amide bonds. The van der Waals surface area contributed by atoms with Gasteiger partial charge in [-0.2, -0.15) is 9.78 Å². The van der Waals surface area contributed by atoms with Crippen molar-refractivity contribution in [1.82, 2.24) is 29.7 Å². The lowest BCUT2D eigenvalue weighted by atomic mass is 10.1. The van der Waals surface area contributed by atoms with E-state index in [4.69, 9.17) is 0 Å². The molecule has 7 nitrogen and oxygen atoms in total. The van der Waals surface area contributed by atoms with E-state index in [2.05, 4.69) is 25.0 Å². The Morgan fingerprint density at radius 2 is 2.00 bits per heavy atom. The van der Waals surface area contributed by atoms with Gasteiger partial charge < -0.3 is 4.98 Å². The normalized spacial score (nSPS) is 11.2. The lowest BCUT2D eigenvalue weighted by Crippen LogP contribution is -2.16. The average molecular weight is 264 g/mol. The van der Waals surface area contributed by atoms with Crippen molar-refractivity contribution >= 4 is 10.9 Å². The number of nitrogens with one attached hydrogen (secondary N) is 1. The predicted molar refractivity (Wildman–Crippen MR) is 71.7 cm³/mol. The molecule has 2 aliphatic heterocycles. The minimum Gasteiger partial charge on any atom is -0.360 e. The zero-order valence-electron chi connectivity index (χ0n) is 10.2. The number of aromatic nitrogens is 6. The van der Waals surface area contributed by atoms with Crippen molar-refractivity contribution in [2.24, 2.45) is 0 Å². The van der Waals surface area contributed by atoms with E-state index in [1.165, 1.54) is 4.68 Å². The van der Waals surface area contributed by atoms with E-state index >= 15 is 0 Å². The summed E-state index contributed by atoms with van der Waals surface area (Å²) >= 11 is 0. The van der Waals surface area contributed by atoms with Crippen LogP contribution in [0.5, 0.6) is 0 Å². The van der Waals surface area contributed by atoms with E-state index in [1.54, 1.807) is 37.1 Å². The first kappa shape index (κ1) is 10.8. The summed E-state index contributed by atoms with van der Waals surface area (Å²) in [5, 5.41) is 5.12. The molecule has 0 saturated carbocycles. The van der Waals surface area contributed by atoms with Gasteiger partial charge in [0.2, 0.25) is 0 Å². The van der Waals surface area contributed by atoms with Gasteiger partial charge >= 0.3 is 0 Å². The summed E-state index contributed by atoms with van der Waals surface area (Å²) in [6.07, 6.45) is 8.14. The molecule has 0 spiro atoms. The third-order valence-corrected chi connectivity index (χ3v) is 3.07. The van der Waals surface area contributed by atoms with E-state index in [1.807, 2.05) is 6.07 Å². The summed E-state index contributed by atoms with van der Waals surface area (Å²) in [5.41, 5.74) is 1.68. The minimum atomic E-state index is -0.256. The molecule has 0 unspecified atom stereocenters. The molecule has 4 heterocycles. The summed E-state index contributed by atoms with van der Waals surface area (Å²) in [6.45, 7) is 0. The van der Waals surface area contributed by atoms with Crippen LogP contribution < -0.4 is 5.56 Å². The third-order valence-electron chi connectivity index (χ3n) is 3.07. The molecular weight excluding hydrogens is 256 g/mol. The maximum absolute atomic E-state index is 12.4. The number of hydrogen-bond donors (Lipinski definition) is 1. The number of fused-ring (bicyclic) bond motifs is 3. The first-order valence-corrected chi connectivity index (χ1v) is 5.96. The van der Waals surface area contributed by atoms with Crippen molar-refractivity contribution in [3.63, 3.8) is 0 Å². The SMILES string of the molecule is O=c1c2c[nH]c3ccncc3c-2nn1-c1ncccn1. The topological polar surface area (TPSA) is 89.4 Å². The predicted octanol–water partition coefficient (Wildman–Crippen LogP) is 1.00. The summed E-state index contributed by atoms with van der Waals surface area (Å²) in [5.74, 6) is 0.255. The Morgan fingerprint density at radius 1 is 1.15 bits per heavy atom. The zero-order chi connectivity index (χ0) is 13.5. The first-order valence-electron chi connectivity index (χ1n) is 5.96. The van der Waals surface area contributed by atoms with Crippen LogP contribution in [0.25, 0.3) is 28.1 Å². The van der Waals surface area contributed by atoms with Crippen molar-refractivity contribution in [2.75, 3.05) is 0 Å². The van der Waals surface area contributed by atoms with Gasteiger partial charge in [-0.3, -0.25) is 9.78 Å². The highest BCUT2D eigenvalue weighted by molar-refractivity contribution is 5.92. The molecule has 0 aromatic carbocycles. The van der Waals surface area contributed by atoms with Crippen LogP contribution in [0.3, 0.4) is 0 Å². The number of pyridine rings is 2. The van der Waals surface area contributed by atoms with Crippen LogP contribution in [0.4, 0.5) is 0 Å². The van der Waals surface area contributed by atoms with Crippen LogP contribution in [0.2, 0.25) is 0 Å². The van der Waals surface area contributed by atoms with E-state index in [9.17, 15) is 4.79 Å². The number of nitrogens with zero attached hydrogens (tertiary/aromatic N) is 5. The molecule has 0 saturated heterocycles. The van der Waals surface area contributed by atoms with Crippen LogP contribution in [0, 0.1) is 0 Å². The summed E-state index contributed by atoms with van der Waals surface area (Å²) < 4.78 is 1.20. The zero-order valence-corrected chi connectivity index (χ0v) is 10.2. The quantitative estimate of drug-likeness (QED) is 0.554. The summed E-state index contributed by atoms with van der Waals surface area (Å²) in [6, 6.07) is 3.52. The van der Waals surface area contributed by atoms with Crippen LogP contribution in [0.1, 0.15) is 0 Å². The Kier molecular flexibility index (Phi) is 2.13. The molecule has 0 aliphatic carbocycles. The first-order chi connectivity index (χ1) is 9.84. The standard InChI is InChI=1S/C13H8N6O/c20-12-9-7-17-10-2-5-14-6-8(10)11(9)18-19(12)13-15-3-1-4-16-13/h1-7,17H. The largest absolute Gasteiger partial charge is 0.360 e. The van der Waals surface area contributed by atoms with Gasteiger partial charge in [-0.1, -0.05) is 0 Å². The molecule has 0 radical (unpaired) electrons. The molecule has 0 bridgehead atoms. The van der Waals surface area contributed by atoms with E-state index in [-0.39, 0.29) is 11.5 Å². The van der Waals surface area contributed by atoms with Crippen molar-refractivity contribution in [1.29, 1.82) is 0 Å². The van der Waals surface area contributed by atoms with Gasteiger partial charge in [0.25, 0.3) is 11.5 Å². The van der Waals surface area contributed by atoms with Gasteiger partial charge in [-0.05, 0) is 12.1 Å². The molecule has 4 rings (SSSR count). The fourth-order valence-corrected chi connectivity index (χ4v) is 2.14. The smallest absolute Gasteiger partial charge is 0.285 e. The highest BCUT2D eigenvalue weighted by Crippen LogP contribution is 2.24. The van der Waals surface area contributed by atoms with E-state index < -0.39 is 0 Å². The molecule has 1 N–H and O–H groups in total. The Bertz CT molecular complexity index is 927. The number of aromatic amines is 1. The second kappa shape index (κ2) is 3.95. The maximum Gasteiger partial charge on any atom is 0.285 e. The molecule has 0 fully saturated rings. The molecule has 0 atom stereocenters. The lowest BCUT2D eigenvalue weighted by Gasteiger charge is -2.00. The van der Waals surface area contributed by atoms with Gasteiger partial charge in [0.15, 0.2) is 0 Å². The lowest BCUT2D eigenvalue weighted by molar-refractivity contribution is 0.790. The fraction of sp³-hybridized carbons (Fsp3) is 0. The van der Waals surface area contributed by atoms with Crippen molar-refractivity contribution < 1.29 is 0 Å². The molecule has 2 aliphatic rings. The molecular formula is C13H8N6O. The highest BCUT2D eigenvalue weighted by Gasteiger charge is 2.19. The average Bonchev–Trinajstić information content (AvgIpc) is 2.86. The monoisotopic (exact) mass is 264 g/mol. The van der Waals surface area contributed by atoms with Gasteiger partial charge in [-0.15, -0.1) is 0 Å². The summed E-state index contributed by atoms with van der Waals surface area (Å²) in [7, 11) is 0. The fourth-order valence-electron chi connectivity index (χ4n) is 2.14. The molecule has 2 aromatic heterocycles. The number of rotatable bonds is 1. The van der Waals surface area contributed by atoms with Crippen LogP contribution in [-0.2, 0) is 0 Å². The Balaban J connectivity index is 2.10. The van der Waals surface area contributed by atoms with Crippen LogP contribution >= 0.6 is 0 Å². The number of hydrogen-bond acceptors (Lipinski definition) is 5. The van der Waals surface area contributed by atoms with Gasteiger partial charge in [-0.25, -0.2) is 9.97 Å². The molecule has 20 heavy (non-hydrogen) atoms. The molecule has 7 heteroatoms. The van der Waals surface area contributed by atoms with E-state index in [0.717, 1.165) is 10.9 Å². The third kappa shape index (κ3) is 1.43. The molecule has 96 valence electrons. The van der Waals surface area contributed by atoms with Crippen molar-refractivity contribution in [3.8, 4) is 17.2 Å². The second-order valence-corrected chi connectivity index (χ2v) is 4.24. The second-order valence-electron chi connectivity index (χ2n) is 4.24. The van der Waals surface area contributed by atoms with Gasteiger partial charge in [0, 0.05) is 36.4 Å². The van der Waals surface area contributed by atoms with Gasteiger partial charge in [0.05, 0.1) is 11.1 Å². The van der Waals surface area contributed by atoms with Crippen molar-refractivity contribution in [2.45, 2.75) is 0 Å². The Labute approximate surface area is 112 Å². The Hall–Kier alpha value is -3.09. The minimum absolute atomic E-state index is 0.255. The Morgan fingerprint density at radius 3 is 2.85 bits per heavy atom. The van der Waals surface area contributed by atoms with Crippen molar-refractivity contribution in [3.05, 3.63) is 53.5 Å². The van der Waals surface area contributed by atoms with Crippen LogP contribution in [-0.4, -0.2) is 29.7 Å². The van der Waals surface area contributed by atoms with E-state index in [0.29, 0.717) is 11.3 Å². The number of H-pyrrole nitrogens is 1. The molecule has 2 aromatic rings. The summed E-state index contributed by atoms with van der Waals surface area (Å²) in [4.78, 5) is 27.6.